The van der Waals surface area contributed by atoms with Gasteiger partial charge in [0.15, 0.2) is 12.1 Å². The van der Waals surface area contributed by atoms with Gasteiger partial charge in [0.25, 0.3) is 5.91 Å². The van der Waals surface area contributed by atoms with Crippen molar-refractivity contribution in [2.45, 2.75) is 53.7 Å². The predicted molar refractivity (Wildman–Crippen MR) is 143 cm³/mol. The minimum Gasteiger partial charge on any atom is -0.396 e. The van der Waals surface area contributed by atoms with Crippen LogP contribution in [0.25, 0.3) is 5.57 Å². The molecule has 190 valence electrons. The number of carbonyl (C=O) groups excluding carboxylic acids is 1. The molecule has 1 amide bonds. The van der Waals surface area contributed by atoms with Crippen LogP contribution in [0, 0.1) is 0 Å². The van der Waals surface area contributed by atoms with Crippen LogP contribution in [0.3, 0.4) is 0 Å². The van der Waals surface area contributed by atoms with E-state index in [0.717, 1.165) is 11.1 Å². The summed E-state index contributed by atoms with van der Waals surface area (Å²) in [5.41, 5.74) is 5.46. The summed E-state index contributed by atoms with van der Waals surface area (Å²) in [7, 11) is 0. The number of allylic oxidation sites excluding steroid dienone is 1. The molecule has 1 aromatic rings. The van der Waals surface area contributed by atoms with E-state index in [1.165, 1.54) is 6.42 Å². The zero-order chi connectivity index (χ0) is 26.0. The lowest BCUT2D eigenvalue weighted by Gasteiger charge is -2.30. The summed E-state index contributed by atoms with van der Waals surface area (Å²) in [6.07, 6.45) is 5.26. The SMILES string of the molecule is C=C(/N=C1\C(=C/C)C=C(c2ccc(C3=NC(C)ON3)cc2Cl)C(=O)N1CC)NCCCO.CCC. The molecule has 0 aliphatic carbocycles. The number of benzene rings is 1. The van der Waals surface area contributed by atoms with Gasteiger partial charge in [0.2, 0.25) is 0 Å². The molecule has 3 rings (SSSR count). The van der Waals surface area contributed by atoms with Crippen molar-refractivity contribution in [3.05, 3.63) is 64.5 Å². The topological polar surface area (TPSA) is 98.6 Å². The first kappa shape index (κ1) is 28.3. The first-order chi connectivity index (χ1) is 16.8. The van der Waals surface area contributed by atoms with Gasteiger partial charge in [-0.2, -0.15) is 0 Å². The van der Waals surface area contributed by atoms with Crippen LogP contribution in [-0.2, 0) is 9.63 Å². The number of halogens is 1. The molecule has 0 radical (unpaired) electrons. The van der Waals surface area contributed by atoms with Gasteiger partial charge in [-0.15, -0.1) is 0 Å². The molecule has 0 bridgehead atoms. The molecule has 0 saturated heterocycles. The summed E-state index contributed by atoms with van der Waals surface area (Å²) in [5.74, 6) is 1.36. The van der Waals surface area contributed by atoms with Gasteiger partial charge in [-0.3, -0.25) is 9.69 Å². The second-order valence-corrected chi connectivity index (χ2v) is 8.34. The number of nitrogens with zero attached hydrogens (tertiary/aromatic N) is 3. The van der Waals surface area contributed by atoms with Crippen LogP contribution < -0.4 is 10.8 Å². The van der Waals surface area contributed by atoms with Crippen LogP contribution in [0.4, 0.5) is 0 Å². The third kappa shape index (κ3) is 7.27. The number of amidine groups is 2. The van der Waals surface area contributed by atoms with Crippen molar-refractivity contribution < 1.29 is 14.7 Å². The van der Waals surface area contributed by atoms with Gasteiger partial charge in [-0.1, -0.05) is 56.7 Å². The van der Waals surface area contributed by atoms with Crippen LogP contribution in [0.1, 0.15) is 58.6 Å². The van der Waals surface area contributed by atoms with Crippen molar-refractivity contribution in [2.75, 3.05) is 19.7 Å². The van der Waals surface area contributed by atoms with Crippen molar-refractivity contribution in [2.24, 2.45) is 9.98 Å². The Kier molecular flexibility index (Phi) is 11.2. The average Bonchev–Trinajstić information content (AvgIpc) is 3.27. The van der Waals surface area contributed by atoms with Gasteiger partial charge in [0, 0.05) is 47.0 Å². The minimum atomic E-state index is -0.271. The van der Waals surface area contributed by atoms with Gasteiger partial charge >= 0.3 is 0 Å². The third-order valence-electron chi connectivity index (χ3n) is 4.99. The Hall–Kier alpha value is -2.94. The number of carbonyl (C=O) groups is 1. The highest BCUT2D eigenvalue weighted by molar-refractivity contribution is 6.37. The summed E-state index contributed by atoms with van der Waals surface area (Å²) in [6, 6.07) is 5.43. The zero-order valence-electron chi connectivity index (χ0n) is 21.2. The maximum Gasteiger partial charge on any atom is 0.260 e. The molecular formula is C26H36ClN5O3. The molecule has 1 aromatic carbocycles. The average molecular weight is 502 g/mol. The molecule has 0 saturated carbocycles. The lowest BCUT2D eigenvalue weighted by atomic mass is 9.95. The van der Waals surface area contributed by atoms with Gasteiger partial charge in [-0.25, -0.2) is 20.3 Å². The molecule has 2 heterocycles. The molecule has 0 fully saturated rings. The van der Waals surface area contributed by atoms with E-state index >= 15 is 0 Å². The summed E-state index contributed by atoms with van der Waals surface area (Å²) >= 11 is 6.59. The Balaban J connectivity index is 0.00000137. The third-order valence-corrected chi connectivity index (χ3v) is 5.30. The van der Waals surface area contributed by atoms with E-state index in [2.05, 4.69) is 41.2 Å². The number of aliphatic hydroxyl groups excluding tert-OH is 1. The molecule has 9 heteroatoms. The number of hydrogen-bond acceptors (Lipinski definition) is 7. The Labute approximate surface area is 213 Å². The number of hydrogen-bond donors (Lipinski definition) is 3. The molecule has 1 unspecified atom stereocenters. The quantitative estimate of drug-likeness (QED) is 0.458. The molecular weight excluding hydrogens is 466 g/mol. The molecule has 0 spiro atoms. The van der Waals surface area contributed by atoms with Gasteiger partial charge in [-0.05, 0) is 39.3 Å². The molecule has 0 aromatic heterocycles. The minimum absolute atomic E-state index is 0.0810. The monoisotopic (exact) mass is 501 g/mol. The molecule has 2 aliphatic rings. The van der Waals surface area contributed by atoms with E-state index in [4.69, 9.17) is 21.5 Å². The Morgan fingerprint density at radius 2 is 2.11 bits per heavy atom. The van der Waals surface area contributed by atoms with Crippen molar-refractivity contribution in [1.29, 1.82) is 0 Å². The summed E-state index contributed by atoms with van der Waals surface area (Å²) in [5, 5.41) is 12.4. The standard InChI is InChI=1S/C23H28ClN5O3.C3H8/c1-5-16-12-19(18-9-8-17(13-20(18)24)21-27-15(4)32-28-21)23(31)29(6-2)22(16)26-14(3)25-10-7-11-30;1-3-2/h5,8-9,12-13,15,25,30H,3,6-7,10-11H2,1-2,4H3,(H,27,28);3H2,1-2H3/b16-5-,26-22+;. The first-order valence-electron chi connectivity index (χ1n) is 11.9. The molecule has 2 aliphatic heterocycles. The second-order valence-electron chi connectivity index (χ2n) is 7.94. The van der Waals surface area contributed by atoms with E-state index in [0.29, 0.717) is 53.2 Å². The second kappa shape index (κ2) is 13.8. The van der Waals surface area contributed by atoms with Crippen molar-refractivity contribution >= 4 is 34.8 Å². The smallest absolute Gasteiger partial charge is 0.260 e. The number of aliphatic imine (C=N–C) groups is 2. The van der Waals surface area contributed by atoms with Crippen LogP contribution in [-0.4, -0.2) is 53.5 Å². The fourth-order valence-electron chi connectivity index (χ4n) is 3.37. The maximum absolute atomic E-state index is 13.4. The number of amides is 1. The van der Waals surface area contributed by atoms with Crippen molar-refractivity contribution in [3.63, 3.8) is 0 Å². The van der Waals surface area contributed by atoms with Crippen LogP contribution in [0.5, 0.6) is 0 Å². The predicted octanol–water partition coefficient (Wildman–Crippen LogP) is 4.42. The van der Waals surface area contributed by atoms with E-state index < -0.39 is 0 Å². The van der Waals surface area contributed by atoms with Crippen molar-refractivity contribution in [3.8, 4) is 0 Å². The highest BCUT2D eigenvalue weighted by atomic mass is 35.5. The van der Waals surface area contributed by atoms with Crippen molar-refractivity contribution in [1.82, 2.24) is 15.7 Å². The number of likely N-dealkylation sites (N-methyl/N-ethyl adjacent to an activating group) is 1. The highest BCUT2D eigenvalue weighted by Crippen LogP contribution is 2.32. The summed E-state index contributed by atoms with van der Waals surface area (Å²) in [4.78, 5) is 29.1. The van der Waals surface area contributed by atoms with Crippen LogP contribution in [0.2, 0.25) is 5.02 Å². The van der Waals surface area contributed by atoms with Gasteiger partial charge in [0.05, 0.1) is 0 Å². The normalized spacial score (nSPS) is 19.7. The Morgan fingerprint density at radius 3 is 2.66 bits per heavy atom. The van der Waals surface area contributed by atoms with Gasteiger partial charge in [0.1, 0.15) is 11.7 Å². The maximum atomic E-state index is 13.4. The van der Waals surface area contributed by atoms with Crippen LogP contribution in [0.15, 0.2) is 58.3 Å². The van der Waals surface area contributed by atoms with Crippen LogP contribution >= 0.6 is 11.6 Å². The number of aliphatic hydroxyl groups is 1. The molecule has 1 atom stereocenters. The number of hydroxylamine groups is 1. The Morgan fingerprint density at radius 1 is 1.40 bits per heavy atom. The summed E-state index contributed by atoms with van der Waals surface area (Å²) in [6.45, 7) is 14.8. The largest absolute Gasteiger partial charge is 0.396 e. The molecule has 8 nitrogen and oxygen atoms in total. The zero-order valence-corrected chi connectivity index (χ0v) is 21.9. The van der Waals surface area contributed by atoms with E-state index in [-0.39, 0.29) is 18.7 Å². The van der Waals surface area contributed by atoms with E-state index in [1.54, 1.807) is 17.0 Å². The Bertz CT molecular complexity index is 1050. The fraction of sp³-hybridized carbons (Fsp3) is 0.423. The first-order valence-corrected chi connectivity index (χ1v) is 12.3. The highest BCUT2D eigenvalue weighted by Gasteiger charge is 2.31. The molecule has 3 N–H and O–H groups in total. The number of nitrogens with one attached hydrogen (secondary N) is 2. The van der Waals surface area contributed by atoms with E-state index in [1.807, 2.05) is 39.0 Å². The lowest BCUT2D eigenvalue weighted by Crippen LogP contribution is -2.41. The lowest BCUT2D eigenvalue weighted by molar-refractivity contribution is -0.121. The fourth-order valence-corrected chi connectivity index (χ4v) is 3.65. The summed E-state index contributed by atoms with van der Waals surface area (Å²) < 4.78 is 0. The number of rotatable bonds is 8. The van der Waals surface area contributed by atoms with E-state index in [9.17, 15) is 4.79 Å². The van der Waals surface area contributed by atoms with Gasteiger partial charge < -0.3 is 10.4 Å². The molecule has 35 heavy (non-hydrogen) atoms.